The number of esters is 1. The van der Waals surface area contributed by atoms with Gasteiger partial charge in [-0.2, -0.15) is 0 Å². The molecule has 106 valence electrons. The summed E-state index contributed by atoms with van der Waals surface area (Å²) >= 11 is 0. The molecule has 0 fully saturated rings. The summed E-state index contributed by atoms with van der Waals surface area (Å²) in [6, 6.07) is 4.72. The summed E-state index contributed by atoms with van der Waals surface area (Å²) in [6.45, 7) is 15.9. The zero-order valence-electron chi connectivity index (χ0n) is 12.0. The van der Waals surface area contributed by atoms with E-state index >= 15 is 0 Å². The average Bonchev–Trinajstić information content (AvgIpc) is 2.29. The minimum absolute atomic E-state index is 0.319. The minimum Gasteiger partial charge on any atom is -0.459 e. The maximum atomic E-state index is 11.8. The van der Waals surface area contributed by atoms with Gasteiger partial charge >= 0.3 is 5.97 Å². The van der Waals surface area contributed by atoms with Gasteiger partial charge in [-0.15, -0.1) is 0 Å². The Labute approximate surface area is 119 Å². The summed E-state index contributed by atoms with van der Waals surface area (Å²) in [4.78, 5) is 11.8. The van der Waals surface area contributed by atoms with Crippen LogP contribution >= 0.6 is 0 Å². The van der Waals surface area contributed by atoms with Crippen LogP contribution in [0.25, 0.3) is 0 Å². The summed E-state index contributed by atoms with van der Waals surface area (Å²) < 4.78 is 15.8. The lowest BCUT2D eigenvalue weighted by Gasteiger charge is -2.13. The van der Waals surface area contributed by atoms with Gasteiger partial charge in [0.25, 0.3) is 0 Å². The van der Waals surface area contributed by atoms with Crippen molar-refractivity contribution < 1.29 is 19.0 Å². The molecule has 0 heterocycles. The van der Waals surface area contributed by atoms with Crippen LogP contribution in [0.4, 0.5) is 0 Å². The quantitative estimate of drug-likeness (QED) is 0.576. The van der Waals surface area contributed by atoms with Crippen molar-refractivity contribution in [1.82, 2.24) is 0 Å². The van der Waals surface area contributed by atoms with E-state index in [2.05, 4.69) is 19.7 Å². The normalized spacial score (nSPS) is 9.55. The van der Waals surface area contributed by atoms with Crippen LogP contribution in [0, 0.1) is 0 Å². The van der Waals surface area contributed by atoms with E-state index in [-0.39, 0.29) is 0 Å². The van der Waals surface area contributed by atoms with Crippen LogP contribution in [-0.4, -0.2) is 5.97 Å². The molecular weight excluding hydrogens is 256 g/mol. The Bertz CT molecular complexity index is 570. The summed E-state index contributed by atoms with van der Waals surface area (Å²) in [6.07, 6.45) is 0. The molecular formula is C16H18O4. The van der Waals surface area contributed by atoms with Gasteiger partial charge in [-0.3, -0.25) is 0 Å². The van der Waals surface area contributed by atoms with Crippen molar-refractivity contribution in [2.24, 2.45) is 0 Å². The standard InChI is InChI=1S/C16H18O4/c1-10(2)18-14-8-7-13(16(17)20-12(5)6)9-15(14)19-11(3)4/h7-9H,1,3,5H2,2,4,6H3. The first kappa shape index (κ1) is 15.6. The highest BCUT2D eigenvalue weighted by molar-refractivity contribution is 5.90. The van der Waals surface area contributed by atoms with Crippen LogP contribution < -0.4 is 9.47 Å². The minimum atomic E-state index is -0.508. The molecule has 0 aromatic heterocycles. The van der Waals surface area contributed by atoms with Crippen LogP contribution in [-0.2, 0) is 4.74 Å². The zero-order chi connectivity index (χ0) is 15.3. The Morgan fingerprint density at radius 2 is 1.45 bits per heavy atom. The number of allylic oxidation sites excluding steroid dienone is 3. The molecule has 0 amide bonds. The van der Waals surface area contributed by atoms with Gasteiger partial charge in [-0.25, -0.2) is 4.79 Å². The molecule has 1 rings (SSSR count). The molecule has 0 unspecified atom stereocenters. The van der Waals surface area contributed by atoms with Crippen LogP contribution in [0.1, 0.15) is 31.1 Å². The monoisotopic (exact) mass is 274 g/mol. The second-order valence-corrected chi connectivity index (χ2v) is 4.36. The van der Waals surface area contributed by atoms with Gasteiger partial charge in [-0.1, -0.05) is 19.7 Å². The highest BCUT2D eigenvalue weighted by Crippen LogP contribution is 2.31. The van der Waals surface area contributed by atoms with E-state index in [1.54, 1.807) is 32.9 Å². The molecule has 0 saturated carbocycles. The van der Waals surface area contributed by atoms with Crippen molar-refractivity contribution in [3.05, 3.63) is 60.8 Å². The van der Waals surface area contributed by atoms with Crippen LogP contribution in [0.3, 0.4) is 0 Å². The molecule has 0 N–H and O–H groups in total. The van der Waals surface area contributed by atoms with E-state index < -0.39 is 5.97 Å². The lowest BCUT2D eigenvalue weighted by atomic mass is 10.2. The molecule has 0 saturated heterocycles. The number of carbonyl (C=O) groups is 1. The van der Waals surface area contributed by atoms with Crippen molar-refractivity contribution in [2.75, 3.05) is 0 Å². The summed E-state index contributed by atoms with van der Waals surface area (Å²) in [5, 5.41) is 0. The van der Waals surface area contributed by atoms with E-state index in [0.29, 0.717) is 34.3 Å². The molecule has 0 atom stereocenters. The number of hydrogen-bond acceptors (Lipinski definition) is 4. The maximum Gasteiger partial charge on any atom is 0.343 e. The van der Waals surface area contributed by atoms with E-state index in [9.17, 15) is 4.79 Å². The van der Waals surface area contributed by atoms with E-state index in [1.807, 2.05) is 0 Å². The number of benzene rings is 1. The molecule has 0 spiro atoms. The SMILES string of the molecule is C=C(C)OC(=O)c1ccc(OC(=C)C)c(OC(=C)C)c1. The van der Waals surface area contributed by atoms with Crippen molar-refractivity contribution >= 4 is 5.97 Å². The zero-order valence-corrected chi connectivity index (χ0v) is 12.0. The van der Waals surface area contributed by atoms with Gasteiger partial charge < -0.3 is 14.2 Å². The molecule has 0 bridgehead atoms. The maximum absolute atomic E-state index is 11.8. The lowest BCUT2D eigenvalue weighted by molar-refractivity contribution is 0.0627. The summed E-state index contributed by atoms with van der Waals surface area (Å²) in [7, 11) is 0. The number of ether oxygens (including phenoxy) is 3. The van der Waals surface area contributed by atoms with Crippen LogP contribution in [0.2, 0.25) is 0 Å². The number of hydrogen-bond donors (Lipinski definition) is 0. The Balaban J connectivity index is 3.12. The van der Waals surface area contributed by atoms with E-state index in [1.165, 1.54) is 6.07 Å². The van der Waals surface area contributed by atoms with Gasteiger partial charge in [0.2, 0.25) is 0 Å². The molecule has 1 aromatic rings. The molecule has 0 aliphatic rings. The first-order valence-electron chi connectivity index (χ1n) is 5.98. The van der Waals surface area contributed by atoms with Crippen LogP contribution in [0.15, 0.2) is 55.2 Å². The average molecular weight is 274 g/mol. The molecule has 1 aromatic carbocycles. The Morgan fingerprint density at radius 1 is 0.900 bits per heavy atom. The fraction of sp³-hybridized carbons (Fsp3) is 0.188. The molecule has 4 nitrogen and oxygen atoms in total. The predicted octanol–water partition coefficient (Wildman–Crippen LogP) is 4.20. The smallest absolute Gasteiger partial charge is 0.343 e. The Kier molecular flexibility index (Phi) is 5.15. The van der Waals surface area contributed by atoms with Crippen molar-refractivity contribution in [1.29, 1.82) is 0 Å². The number of rotatable bonds is 6. The van der Waals surface area contributed by atoms with Gasteiger partial charge in [0, 0.05) is 0 Å². The largest absolute Gasteiger partial charge is 0.459 e. The lowest BCUT2D eigenvalue weighted by Crippen LogP contribution is -2.04. The molecule has 20 heavy (non-hydrogen) atoms. The van der Waals surface area contributed by atoms with Crippen molar-refractivity contribution in [3.63, 3.8) is 0 Å². The number of carbonyl (C=O) groups excluding carboxylic acids is 1. The highest BCUT2D eigenvalue weighted by Gasteiger charge is 2.14. The van der Waals surface area contributed by atoms with Crippen molar-refractivity contribution in [3.8, 4) is 11.5 Å². The van der Waals surface area contributed by atoms with Gasteiger partial charge in [0.15, 0.2) is 11.5 Å². The van der Waals surface area contributed by atoms with Crippen molar-refractivity contribution in [2.45, 2.75) is 20.8 Å². The fourth-order valence-electron chi connectivity index (χ4n) is 1.39. The topological polar surface area (TPSA) is 44.8 Å². The van der Waals surface area contributed by atoms with E-state index in [0.717, 1.165) is 0 Å². The summed E-state index contributed by atoms with van der Waals surface area (Å²) in [5.41, 5.74) is 0.332. The molecule has 4 heteroatoms. The highest BCUT2D eigenvalue weighted by atomic mass is 16.5. The predicted molar refractivity (Wildman–Crippen MR) is 77.6 cm³/mol. The third-order valence-electron chi connectivity index (χ3n) is 2.01. The Morgan fingerprint density at radius 3 is 1.95 bits per heavy atom. The second-order valence-electron chi connectivity index (χ2n) is 4.36. The van der Waals surface area contributed by atoms with Gasteiger partial charge in [-0.05, 0) is 39.0 Å². The molecule has 0 aliphatic heterocycles. The summed E-state index contributed by atoms with van der Waals surface area (Å²) in [5.74, 6) is 1.62. The van der Waals surface area contributed by atoms with E-state index in [4.69, 9.17) is 14.2 Å². The molecule has 0 aliphatic carbocycles. The van der Waals surface area contributed by atoms with Crippen LogP contribution in [0.5, 0.6) is 11.5 Å². The third-order valence-corrected chi connectivity index (χ3v) is 2.01. The van der Waals surface area contributed by atoms with Gasteiger partial charge in [0.05, 0.1) is 22.8 Å². The first-order valence-corrected chi connectivity index (χ1v) is 5.98. The first-order chi connectivity index (χ1) is 9.29. The molecule has 0 radical (unpaired) electrons. The Hall–Kier alpha value is -2.49. The fourth-order valence-corrected chi connectivity index (χ4v) is 1.39. The third kappa shape index (κ3) is 4.65. The van der Waals surface area contributed by atoms with Gasteiger partial charge in [0.1, 0.15) is 0 Å². The second kappa shape index (κ2) is 6.61.